The third-order valence-corrected chi connectivity index (χ3v) is 4.14. The van der Waals surface area contributed by atoms with Crippen LogP contribution in [0.15, 0.2) is 24.3 Å². The molecule has 1 aliphatic heterocycles. The monoisotopic (exact) mass is 246 g/mol. The number of nitrogens with one attached hydrogen (secondary N) is 1. The summed E-state index contributed by atoms with van der Waals surface area (Å²) in [7, 11) is 0. The number of hydrogen-bond acceptors (Lipinski definition) is 3. The summed E-state index contributed by atoms with van der Waals surface area (Å²) in [5.41, 5.74) is 1.30. The predicted octanol–water partition coefficient (Wildman–Crippen LogP) is 1.96. The van der Waals surface area contributed by atoms with Crippen LogP contribution in [0.5, 0.6) is 5.75 Å². The van der Waals surface area contributed by atoms with Crippen molar-refractivity contribution in [1.29, 1.82) is 0 Å². The average molecular weight is 246 g/mol. The van der Waals surface area contributed by atoms with Crippen molar-refractivity contribution in [2.24, 2.45) is 5.92 Å². The van der Waals surface area contributed by atoms with Gasteiger partial charge in [0.25, 0.3) is 0 Å². The molecule has 3 nitrogen and oxygen atoms in total. The van der Waals surface area contributed by atoms with Gasteiger partial charge in [-0.1, -0.05) is 12.1 Å². The Morgan fingerprint density at radius 1 is 1.28 bits per heavy atom. The van der Waals surface area contributed by atoms with E-state index in [0.29, 0.717) is 17.8 Å². The summed E-state index contributed by atoms with van der Waals surface area (Å²) in [6.45, 7) is 5.52. The van der Waals surface area contributed by atoms with Crippen molar-refractivity contribution in [3.63, 3.8) is 0 Å². The number of nitrogens with zero attached hydrogens (tertiary/aromatic N) is 1. The number of aromatic hydroxyl groups is 1. The van der Waals surface area contributed by atoms with E-state index >= 15 is 0 Å². The van der Waals surface area contributed by atoms with Crippen molar-refractivity contribution in [2.75, 3.05) is 13.1 Å². The van der Waals surface area contributed by atoms with Gasteiger partial charge in [-0.2, -0.15) is 0 Å². The summed E-state index contributed by atoms with van der Waals surface area (Å²) < 4.78 is 0. The minimum Gasteiger partial charge on any atom is -0.508 e. The molecule has 2 unspecified atom stereocenters. The topological polar surface area (TPSA) is 35.5 Å². The molecule has 2 aliphatic rings. The van der Waals surface area contributed by atoms with Gasteiger partial charge >= 0.3 is 0 Å². The van der Waals surface area contributed by atoms with Gasteiger partial charge in [0, 0.05) is 31.7 Å². The second-order valence-electron chi connectivity index (χ2n) is 5.81. The fraction of sp³-hybridized carbons (Fsp3) is 0.600. The van der Waals surface area contributed by atoms with E-state index in [9.17, 15) is 5.11 Å². The molecule has 1 saturated heterocycles. The highest BCUT2D eigenvalue weighted by atomic mass is 16.3. The van der Waals surface area contributed by atoms with Crippen LogP contribution in [-0.2, 0) is 6.54 Å². The van der Waals surface area contributed by atoms with Crippen molar-refractivity contribution < 1.29 is 5.11 Å². The van der Waals surface area contributed by atoms with E-state index in [-0.39, 0.29) is 0 Å². The Hall–Kier alpha value is -1.06. The summed E-state index contributed by atoms with van der Waals surface area (Å²) >= 11 is 0. The molecule has 18 heavy (non-hydrogen) atoms. The van der Waals surface area contributed by atoms with Crippen molar-refractivity contribution in [3.8, 4) is 5.75 Å². The van der Waals surface area contributed by atoms with Crippen LogP contribution in [0.3, 0.4) is 0 Å². The molecule has 98 valence electrons. The third-order valence-electron chi connectivity index (χ3n) is 4.14. The van der Waals surface area contributed by atoms with E-state index in [1.807, 2.05) is 12.1 Å². The third kappa shape index (κ3) is 2.68. The van der Waals surface area contributed by atoms with E-state index in [1.54, 1.807) is 12.1 Å². The van der Waals surface area contributed by atoms with Gasteiger partial charge in [0.05, 0.1) is 0 Å². The van der Waals surface area contributed by atoms with Crippen LogP contribution in [0.2, 0.25) is 0 Å². The summed E-state index contributed by atoms with van der Waals surface area (Å²) in [6.07, 6.45) is 2.79. The van der Waals surface area contributed by atoms with Crippen molar-refractivity contribution >= 4 is 0 Å². The van der Waals surface area contributed by atoms with Crippen LogP contribution in [0.1, 0.15) is 25.3 Å². The van der Waals surface area contributed by atoms with Gasteiger partial charge in [0.2, 0.25) is 0 Å². The summed E-state index contributed by atoms with van der Waals surface area (Å²) in [6, 6.07) is 8.92. The number of phenols is 1. The summed E-state index contributed by atoms with van der Waals surface area (Å²) in [5.74, 6) is 1.26. The van der Waals surface area contributed by atoms with Gasteiger partial charge in [0.15, 0.2) is 0 Å². The maximum Gasteiger partial charge on any atom is 0.115 e. The zero-order valence-electron chi connectivity index (χ0n) is 11.0. The van der Waals surface area contributed by atoms with Crippen molar-refractivity contribution in [1.82, 2.24) is 10.2 Å². The van der Waals surface area contributed by atoms with Crippen LogP contribution in [-0.4, -0.2) is 35.2 Å². The van der Waals surface area contributed by atoms with E-state index in [4.69, 9.17) is 0 Å². The lowest BCUT2D eigenvalue weighted by Crippen LogP contribution is -2.55. The molecule has 0 aromatic heterocycles. The van der Waals surface area contributed by atoms with Gasteiger partial charge in [-0.3, -0.25) is 4.90 Å². The summed E-state index contributed by atoms with van der Waals surface area (Å²) in [5, 5.41) is 12.9. The van der Waals surface area contributed by atoms with E-state index in [0.717, 1.165) is 25.6 Å². The molecule has 2 atom stereocenters. The first kappa shape index (κ1) is 12.0. The number of rotatable bonds is 3. The van der Waals surface area contributed by atoms with Gasteiger partial charge < -0.3 is 10.4 Å². The average Bonchev–Trinajstić information content (AvgIpc) is 3.17. The number of hydrogen-bond donors (Lipinski definition) is 2. The fourth-order valence-electron chi connectivity index (χ4n) is 2.97. The lowest BCUT2D eigenvalue weighted by Gasteiger charge is -2.39. The molecular weight excluding hydrogens is 224 g/mol. The zero-order chi connectivity index (χ0) is 12.5. The first-order valence-electron chi connectivity index (χ1n) is 6.98. The predicted molar refractivity (Wildman–Crippen MR) is 72.5 cm³/mol. The second kappa shape index (κ2) is 4.90. The Morgan fingerprint density at radius 3 is 2.67 bits per heavy atom. The molecule has 1 heterocycles. The Kier molecular flexibility index (Phi) is 3.27. The molecule has 0 bridgehead atoms. The highest BCUT2D eigenvalue weighted by Gasteiger charge is 2.37. The van der Waals surface area contributed by atoms with Crippen LogP contribution >= 0.6 is 0 Å². The smallest absolute Gasteiger partial charge is 0.115 e. The fourth-order valence-corrected chi connectivity index (χ4v) is 2.97. The molecule has 1 aliphatic carbocycles. The maximum atomic E-state index is 9.33. The zero-order valence-corrected chi connectivity index (χ0v) is 11.0. The molecule has 2 fully saturated rings. The Balaban J connectivity index is 1.69. The molecule has 0 amide bonds. The van der Waals surface area contributed by atoms with Crippen LogP contribution in [0, 0.1) is 5.92 Å². The van der Waals surface area contributed by atoms with E-state index < -0.39 is 0 Å². The Morgan fingerprint density at radius 2 is 2.00 bits per heavy atom. The quantitative estimate of drug-likeness (QED) is 0.856. The summed E-state index contributed by atoms with van der Waals surface area (Å²) in [4.78, 5) is 2.62. The molecule has 1 aromatic rings. The molecule has 1 saturated carbocycles. The molecule has 3 rings (SSSR count). The highest BCUT2D eigenvalue weighted by Crippen LogP contribution is 2.36. The maximum absolute atomic E-state index is 9.33. The van der Waals surface area contributed by atoms with Gasteiger partial charge in [-0.15, -0.1) is 0 Å². The number of piperazine rings is 1. The number of benzene rings is 1. The van der Waals surface area contributed by atoms with Crippen molar-refractivity contribution in [3.05, 3.63) is 29.8 Å². The lowest BCUT2D eigenvalue weighted by atomic mass is 10.0. The van der Waals surface area contributed by atoms with Gasteiger partial charge in [-0.05, 0) is 43.4 Å². The van der Waals surface area contributed by atoms with E-state index in [2.05, 4.69) is 17.1 Å². The molecule has 2 N–H and O–H groups in total. The normalized spacial score (nSPS) is 29.4. The molecule has 0 spiro atoms. The SMILES string of the molecule is CC1CN(Cc2ccc(O)cc2)C(C2CC2)CN1. The lowest BCUT2D eigenvalue weighted by molar-refractivity contribution is 0.112. The van der Waals surface area contributed by atoms with Crippen LogP contribution in [0.4, 0.5) is 0 Å². The van der Waals surface area contributed by atoms with Gasteiger partial charge in [-0.25, -0.2) is 0 Å². The molecule has 1 aromatic carbocycles. The minimum atomic E-state index is 0.353. The Bertz CT molecular complexity index is 399. The largest absolute Gasteiger partial charge is 0.508 e. The Labute approximate surface area is 109 Å². The standard InChI is InChI=1S/C15H22N2O/c1-11-9-17(15(8-16-11)13-4-5-13)10-12-2-6-14(18)7-3-12/h2-3,6-7,11,13,15-16,18H,4-5,8-10H2,1H3. The first-order valence-corrected chi connectivity index (χ1v) is 6.98. The second-order valence-corrected chi connectivity index (χ2v) is 5.81. The van der Waals surface area contributed by atoms with Crippen LogP contribution in [0.25, 0.3) is 0 Å². The van der Waals surface area contributed by atoms with Gasteiger partial charge in [0.1, 0.15) is 5.75 Å². The van der Waals surface area contributed by atoms with E-state index in [1.165, 1.54) is 18.4 Å². The molecule has 3 heteroatoms. The molecular formula is C15H22N2O. The first-order chi connectivity index (χ1) is 8.72. The molecule has 0 radical (unpaired) electrons. The highest BCUT2D eigenvalue weighted by molar-refractivity contribution is 5.26. The van der Waals surface area contributed by atoms with Crippen LogP contribution < -0.4 is 5.32 Å². The number of phenolic OH excluding ortho intramolecular Hbond substituents is 1. The minimum absolute atomic E-state index is 0.353. The van der Waals surface area contributed by atoms with Crippen molar-refractivity contribution in [2.45, 2.75) is 38.4 Å².